The number of carbonyl (C=O) groups is 1. The van der Waals surface area contributed by atoms with E-state index < -0.39 is 0 Å². The lowest BCUT2D eigenvalue weighted by atomic mass is 10.2. The van der Waals surface area contributed by atoms with Crippen molar-refractivity contribution in [3.63, 3.8) is 0 Å². The van der Waals surface area contributed by atoms with Crippen LogP contribution in [0.2, 0.25) is 0 Å². The third-order valence-electron chi connectivity index (χ3n) is 3.61. The van der Waals surface area contributed by atoms with Gasteiger partial charge in [-0.3, -0.25) is 0 Å². The van der Waals surface area contributed by atoms with Crippen LogP contribution >= 0.6 is 0 Å². The highest BCUT2D eigenvalue weighted by Crippen LogP contribution is 2.07. The predicted molar refractivity (Wildman–Crippen MR) is 83.6 cm³/mol. The summed E-state index contributed by atoms with van der Waals surface area (Å²) in [4.78, 5) is 13.3. The summed E-state index contributed by atoms with van der Waals surface area (Å²) in [5, 5.41) is 5.48. The lowest BCUT2D eigenvalue weighted by molar-refractivity contribution is -0.914. The van der Waals surface area contributed by atoms with Crippen LogP contribution in [0.5, 0.6) is 0 Å². The molecule has 2 amide bonds. The zero-order valence-corrected chi connectivity index (χ0v) is 13.2. The van der Waals surface area contributed by atoms with Crippen LogP contribution in [0.25, 0.3) is 0 Å². The first-order valence-electron chi connectivity index (χ1n) is 7.78. The van der Waals surface area contributed by atoms with Crippen LogP contribution in [0.3, 0.4) is 0 Å². The fraction of sp³-hybridized carbons (Fsp3) is 0.562. The Labute approximate surface area is 130 Å². The van der Waals surface area contributed by atoms with Crippen LogP contribution in [-0.2, 0) is 4.74 Å². The number of benzene rings is 1. The van der Waals surface area contributed by atoms with Crippen molar-refractivity contribution >= 4 is 11.7 Å². The molecule has 0 bridgehead atoms. The van der Waals surface area contributed by atoms with Gasteiger partial charge in [-0.15, -0.1) is 0 Å². The van der Waals surface area contributed by atoms with E-state index in [2.05, 4.69) is 24.5 Å². The molecule has 0 aromatic heterocycles. The van der Waals surface area contributed by atoms with Crippen molar-refractivity contribution in [2.75, 3.05) is 38.1 Å². The molecule has 1 fully saturated rings. The Morgan fingerprint density at radius 2 is 2.14 bits per heavy atom. The average molecular weight is 310 g/mol. The molecule has 1 unspecified atom stereocenters. The topological polar surface area (TPSA) is 54.8 Å². The molecule has 3 N–H and O–H groups in total. The van der Waals surface area contributed by atoms with Gasteiger partial charge in [-0.05, 0) is 24.3 Å². The minimum absolute atomic E-state index is 0.0430. The number of carbonyl (C=O) groups excluding carboxylic acids is 1. The molecule has 5 nitrogen and oxygen atoms in total. The van der Waals surface area contributed by atoms with Gasteiger partial charge in [0.2, 0.25) is 0 Å². The first-order valence-corrected chi connectivity index (χ1v) is 7.78. The minimum Gasteiger partial charge on any atom is -0.365 e. The van der Waals surface area contributed by atoms with Gasteiger partial charge in [0.05, 0.1) is 19.7 Å². The number of hydrogen-bond donors (Lipinski definition) is 3. The van der Waals surface area contributed by atoms with E-state index in [-0.39, 0.29) is 18.0 Å². The van der Waals surface area contributed by atoms with Gasteiger partial charge in [0.1, 0.15) is 25.0 Å². The summed E-state index contributed by atoms with van der Waals surface area (Å²) >= 11 is 0. The van der Waals surface area contributed by atoms with Gasteiger partial charge >= 0.3 is 6.03 Å². The number of quaternary nitrogens is 1. The highest BCUT2D eigenvalue weighted by Gasteiger charge is 2.24. The number of nitrogens with one attached hydrogen (secondary N) is 3. The summed E-state index contributed by atoms with van der Waals surface area (Å²) in [7, 11) is 0. The standard InChI is InChI=1S/C16H24FN3O2/c1-12(2)10-20-7-8-22-15(11-20)9-18-16(21)19-14-5-3-13(17)4-6-14/h3-6,12,15H,7-11H2,1-2H3,(H2,18,19,21)/p+1/t15-/m1/s1. The first kappa shape index (κ1) is 16.7. The second-order valence-electron chi connectivity index (χ2n) is 6.14. The molecule has 1 aliphatic rings. The number of morpholine rings is 1. The SMILES string of the molecule is CC(C)C[NH+]1CCO[C@H](CNC(=O)Nc2ccc(F)cc2)C1. The van der Waals surface area contributed by atoms with Crippen molar-refractivity contribution in [1.82, 2.24) is 5.32 Å². The van der Waals surface area contributed by atoms with Crippen molar-refractivity contribution in [2.45, 2.75) is 20.0 Å². The van der Waals surface area contributed by atoms with E-state index in [1.165, 1.54) is 29.2 Å². The summed E-state index contributed by atoms with van der Waals surface area (Å²) in [5.41, 5.74) is 0.565. The normalized spacial score (nSPS) is 21.6. The Morgan fingerprint density at radius 3 is 2.82 bits per heavy atom. The van der Waals surface area contributed by atoms with Gasteiger partial charge in [-0.25, -0.2) is 9.18 Å². The molecule has 1 aromatic carbocycles. The van der Waals surface area contributed by atoms with Crippen molar-refractivity contribution in [3.05, 3.63) is 30.1 Å². The molecule has 2 atom stereocenters. The largest absolute Gasteiger partial charge is 0.365 e. The lowest BCUT2D eigenvalue weighted by Gasteiger charge is -2.31. The number of halogens is 1. The smallest absolute Gasteiger partial charge is 0.319 e. The Bertz CT molecular complexity index is 479. The Morgan fingerprint density at radius 1 is 1.41 bits per heavy atom. The van der Waals surface area contributed by atoms with E-state index in [1.54, 1.807) is 0 Å². The fourth-order valence-corrected chi connectivity index (χ4v) is 2.66. The van der Waals surface area contributed by atoms with E-state index in [0.29, 0.717) is 18.2 Å². The molecule has 2 rings (SSSR count). The molecule has 0 radical (unpaired) electrons. The summed E-state index contributed by atoms with van der Waals surface area (Å²) < 4.78 is 18.5. The van der Waals surface area contributed by atoms with Gasteiger partial charge in [0.15, 0.2) is 0 Å². The van der Waals surface area contributed by atoms with Crippen LogP contribution < -0.4 is 15.5 Å². The van der Waals surface area contributed by atoms with Crippen LogP contribution in [0, 0.1) is 11.7 Å². The van der Waals surface area contributed by atoms with Crippen molar-refractivity contribution in [3.8, 4) is 0 Å². The summed E-state index contributed by atoms with van der Waals surface area (Å²) in [6, 6.07) is 5.38. The van der Waals surface area contributed by atoms with Gasteiger partial charge in [-0.2, -0.15) is 0 Å². The lowest BCUT2D eigenvalue weighted by Crippen LogP contribution is -3.15. The molecule has 0 aliphatic carbocycles. The monoisotopic (exact) mass is 310 g/mol. The minimum atomic E-state index is -0.324. The Balaban J connectivity index is 1.72. The van der Waals surface area contributed by atoms with E-state index >= 15 is 0 Å². The molecule has 1 aromatic rings. The number of amides is 2. The zero-order valence-electron chi connectivity index (χ0n) is 13.2. The third kappa shape index (κ3) is 5.61. The molecule has 122 valence electrons. The van der Waals surface area contributed by atoms with Gasteiger partial charge in [0.25, 0.3) is 0 Å². The predicted octanol–water partition coefficient (Wildman–Crippen LogP) is 0.887. The van der Waals surface area contributed by atoms with Crippen LogP contribution in [0.15, 0.2) is 24.3 Å². The number of hydrogen-bond acceptors (Lipinski definition) is 2. The molecule has 6 heteroatoms. The van der Waals surface area contributed by atoms with Crippen molar-refractivity contribution in [2.24, 2.45) is 5.92 Å². The third-order valence-corrected chi connectivity index (χ3v) is 3.61. The maximum atomic E-state index is 12.8. The second-order valence-corrected chi connectivity index (χ2v) is 6.14. The van der Waals surface area contributed by atoms with Crippen LogP contribution in [-0.4, -0.2) is 44.9 Å². The number of rotatable bonds is 5. The molecule has 0 spiro atoms. The summed E-state index contributed by atoms with van der Waals surface area (Å²) in [6.07, 6.45) is 0.0430. The molecule has 1 heterocycles. The van der Waals surface area contributed by atoms with Gasteiger partial charge in [-0.1, -0.05) is 13.8 Å². The zero-order chi connectivity index (χ0) is 15.9. The summed E-state index contributed by atoms with van der Waals surface area (Å²) in [6.45, 7) is 8.70. The van der Waals surface area contributed by atoms with E-state index in [0.717, 1.165) is 26.2 Å². The quantitative estimate of drug-likeness (QED) is 0.756. The highest BCUT2D eigenvalue weighted by molar-refractivity contribution is 5.89. The summed E-state index contributed by atoms with van der Waals surface area (Å²) in [5.74, 6) is 0.332. The average Bonchev–Trinajstić information content (AvgIpc) is 2.47. The first-order chi connectivity index (χ1) is 10.5. The maximum Gasteiger partial charge on any atom is 0.319 e. The van der Waals surface area contributed by atoms with E-state index in [9.17, 15) is 9.18 Å². The van der Waals surface area contributed by atoms with Crippen LogP contribution in [0.4, 0.5) is 14.9 Å². The second kappa shape index (κ2) is 8.10. The van der Waals surface area contributed by atoms with Crippen molar-refractivity contribution < 1.29 is 18.8 Å². The maximum absolute atomic E-state index is 12.8. The highest BCUT2D eigenvalue weighted by atomic mass is 19.1. The molecular formula is C16H25FN3O2+. The Hall–Kier alpha value is -1.66. The fourth-order valence-electron chi connectivity index (χ4n) is 2.66. The number of urea groups is 1. The van der Waals surface area contributed by atoms with Gasteiger partial charge in [0, 0.05) is 11.6 Å². The van der Waals surface area contributed by atoms with Crippen molar-refractivity contribution in [1.29, 1.82) is 0 Å². The van der Waals surface area contributed by atoms with E-state index in [4.69, 9.17) is 4.74 Å². The van der Waals surface area contributed by atoms with E-state index in [1.807, 2.05) is 0 Å². The van der Waals surface area contributed by atoms with Crippen LogP contribution in [0.1, 0.15) is 13.8 Å². The molecule has 1 saturated heterocycles. The Kier molecular flexibility index (Phi) is 6.15. The molecule has 0 saturated carbocycles. The number of anilines is 1. The number of ether oxygens (including phenoxy) is 1. The molecule has 22 heavy (non-hydrogen) atoms. The van der Waals surface area contributed by atoms with Gasteiger partial charge < -0.3 is 20.3 Å². The molecular weight excluding hydrogens is 285 g/mol. The molecule has 1 aliphatic heterocycles.